The van der Waals surface area contributed by atoms with E-state index in [1.54, 1.807) is 57.7 Å². The van der Waals surface area contributed by atoms with Gasteiger partial charge in [-0.05, 0) is 77.4 Å². The molecule has 316 valence electrons. The van der Waals surface area contributed by atoms with Crippen LogP contribution in [-0.4, -0.2) is 108 Å². The van der Waals surface area contributed by atoms with Gasteiger partial charge in [-0.1, -0.05) is 36.4 Å². The molecule has 0 bridgehead atoms. The number of rotatable bonds is 18. The molecule has 0 aromatic heterocycles. The molecule has 59 heavy (non-hydrogen) atoms. The van der Waals surface area contributed by atoms with Crippen LogP contribution in [0.4, 0.5) is 0 Å². The molecule has 8 atom stereocenters. The molecule has 4 aromatic rings. The van der Waals surface area contributed by atoms with Crippen LogP contribution in [0.5, 0.6) is 23.0 Å². The van der Waals surface area contributed by atoms with Crippen molar-refractivity contribution < 1.29 is 71.5 Å². The molecule has 2 saturated heterocycles. The maximum Gasteiger partial charge on any atom is 0.338 e. The molecule has 2 aliphatic heterocycles. The van der Waals surface area contributed by atoms with Gasteiger partial charge in [-0.15, -0.1) is 0 Å². The second-order valence-corrected chi connectivity index (χ2v) is 13.7. The number of hydrogen-bond donors (Lipinski definition) is 1. The molecule has 0 radical (unpaired) electrons. The highest BCUT2D eigenvalue weighted by molar-refractivity contribution is 5.89. The lowest BCUT2D eigenvalue weighted by Gasteiger charge is -2.45. The Balaban J connectivity index is 1.32. The summed E-state index contributed by atoms with van der Waals surface area (Å²) in [5, 5.41) is 11.0. The molecule has 0 saturated carbocycles. The van der Waals surface area contributed by atoms with Gasteiger partial charge in [-0.25, -0.2) is 4.79 Å². The van der Waals surface area contributed by atoms with Gasteiger partial charge in [0.05, 0.1) is 67.0 Å². The summed E-state index contributed by atoms with van der Waals surface area (Å²) in [6, 6.07) is 28.4. The van der Waals surface area contributed by atoms with E-state index in [0.717, 1.165) is 16.7 Å². The maximum absolute atomic E-state index is 14.0. The second kappa shape index (κ2) is 21.1. The van der Waals surface area contributed by atoms with Crippen LogP contribution in [0.2, 0.25) is 0 Å². The van der Waals surface area contributed by atoms with Gasteiger partial charge < -0.3 is 61.9 Å². The van der Waals surface area contributed by atoms with E-state index in [0.29, 0.717) is 23.0 Å². The first-order valence-electron chi connectivity index (χ1n) is 19.0. The number of carbonyl (C=O) groups excluding carboxylic acids is 2. The summed E-state index contributed by atoms with van der Waals surface area (Å²) in [5.74, 6) is 1.18. The van der Waals surface area contributed by atoms with Crippen LogP contribution in [0.1, 0.15) is 34.0 Å². The van der Waals surface area contributed by atoms with E-state index in [9.17, 15) is 14.7 Å². The Labute approximate surface area is 342 Å². The predicted octanol–water partition coefficient (Wildman–Crippen LogP) is 5.02. The summed E-state index contributed by atoms with van der Waals surface area (Å²) >= 11 is 0. The number of esters is 2. The molecule has 4 aromatic carbocycles. The second-order valence-electron chi connectivity index (χ2n) is 13.7. The van der Waals surface area contributed by atoms with Crippen LogP contribution in [0.15, 0.2) is 97.1 Å². The van der Waals surface area contributed by atoms with Crippen molar-refractivity contribution in [1.29, 1.82) is 0 Å². The minimum atomic E-state index is -1.57. The van der Waals surface area contributed by atoms with Gasteiger partial charge in [-0.2, -0.15) is 0 Å². The van der Waals surface area contributed by atoms with E-state index in [4.69, 9.17) is 56.8 Å². The van der Waals surface area contributed by atoms with Crippen molar-refractivity contribution >= 4 is 11.9 Å². The zero-order chi connectivity index (χ0) is 41.7. The number of methoxy groups -OCH3 is 4. The Bertz CT molecular complexity index is 1900. The first-order valence-corrected chi connectivity index (χ1v) is 19.0. The quantitative estimate of drug-likeness (QED) is 0.133. The molecule has 2 fully saturated rings. The topological polar surface area (TPSA) is 165 Å². The molecule has 0 aliphatic carbocycles. The highest BCUT2D eigenvalue weighted by Crippen LogP contribution is 2.32. The Morgan fingerprint density at radius 3 is 1.42 bits per heavy atom. The molecular formula is C44H50O15. The van der Waals surface area contributed by atoms with Crippen LogP contribution >= 0.6 is 0 Å². The van der Waals surface area contributed by atoms with Crippen molar-refractivity contribution in [2.45, 2.75) is 75.9 Å². The summed E-state index contributed by atoms with van der Waals surface area (Å²) in [4.78, 5) is 26.3. The monoisotopic (exact) mass is 818 g/mol. The summed E-state index contributed by atoms with van der Waals surface area (Å²) in [5.41, 5.74) is 2.68. The fraction of sp³-hybridized carbons (Fsp3) is 0.409. The number of carbonyl (C=O) groups is 2. The number of aliphatic hydroxyl groups excluding tert-OH is 1. The number of benzene rings is 4. The highest BCUT2D eigenvalue weighted by atomic mass is 16.7. The normalized spacial score (nSPS) is 24.1. The van der Waals surface area contributed by atoms with Gasteiger partial charge in [0.25, 0.3) is 0 Å². The van der Waals surface area contributed by atoms with E-state index in [1.165, 1.54) is 14.0 Å². The minimum absolute atomic E-state index is 0.0634. The van der Waals surface area contributed by atoms with Crippen molar-refractivity contribution in [3.63, 3.8) is 0 Å². The number of hydrogen-bond acceptors (Lipinski definition) is 15. The first kappa shape index (κ1) is 43.3. The van der Waals surface area contributed by atoms with Crippen LogP contribution in [0, 0.1) is 0 Å². The SMILES string of the molecule is COc1ccc(CO[C@@H]2[C@@H](OC(=O)c3ccc(OC)cc3)[C@H](O[C@@H]3[C@@H](OC(C)=O)[C@H](O)OC[C@@H]3OCc3ccc(OC)cc3)OC[C@H]2OCc2ccc(OC)cc2)cc1. The molecule has 0 spiro atoms. The molecule has 0 amide bonds. The van der Waals surface area contributed by atoms with Crippen LogP contribution in [0.25, 0.3) is 0 Å². The van der Waals surface area contributed by atoms with Gasteiger partial charge in [0.2, 0.25) is 0 Å². The summed E-state index contributed by atoms with van der Waals surface area (Å²) < 4.78 is 71.0. The lowest BCUT2D eigenvalue weighted by molar-refractivity contribution is -0.339. The number of ether oxygens (including phenoxy) is 12. The summed E-state index contributed by atoms with van der Waals surface area (Å²) in [6.07, 6.45) is -9.39. The van der Waals surface area contributed by atoms with E-state index in [1.807, 2.05) is 60.7 Å². The largest absolute Gasteiger partial charge is 0.497 e. The third-order valence-corrected chi connectivity index (χ3v) is 9.80. The summed E-state index contributed by atoms with van der Waals surface area (Å²) in [6.45, 7) is 1.36. The standard InChI is InChI=1S/C44H50O15/c1-27(45)57-40-39(37(25-55-43(40)47)53-23-29-8-16-33(49-3)17-9-29)59-44-41(58-42(46)31-12-20-35(51-5)21-13-31)38(54-24-30-10-18-34(50-4)19-11-30)36(26-56-44)52-22-28-6-14-32(48-2)15-7-28/h6-21,36-41,43-44,47H,22-26H2,1-5H3/t36-,37+,38+,39+,40-,41-,43-,44+/m1/s1. The molecule has 0 unspecified atom stereocenters. The van der Waals surface area contributed by atoms with Gasteiger partial charge >= 0.3 is 11.9 Å². The van der Waals surface area contributed by atoms with Gasteiger partial charge in [-0.3, -0.25) is 4.79 Å². The van der Waals surface area contributed by atoms with Gasteiger partial charge in [0.1, 0.15) is 47.4 Å². The Morgan fingerprint density at radius 1 is 0.542 bits per heavy atom. The number of aliphatic hydroxyl groups is 1. The Kier molecular flexibility index (Phi) is 15.5. The molecule has 2 heterocycles. The van der Waals surface area contributed by atoms with E-state index in [2.05, 4.69) is 0 Å². The van der Waals surface area contributed by atoms with E-state index >= 15 is 0 Å². The third-order valence-electron chi connectivity index (χ3n) is 9.80. The zero-order valence-corrected chi connectivity index (χ0v) is 33.6. The van der Waals surface area contributed by atoms with E-state index < -0.39 is 61.1 Å². The molecule has 6 rings (SSSR count). The lowest BCUT2D eigenvalue weighted by Crippen LogP contribution is -2.62. The predicted molar refractivity (Wildman–Crippen MR) is 209 cm³/mol. The van der Waals surface area contributed by atoms with Crippen molar-refractivity contribution in [1.82, 2.24) is 0 Å². The molecular weight excluding hydrogens is 768 g/mol. The van der Waals surface area contributed by atoms with Gasteiger partial charge in [0.15, 0.2) is 24.8 Å². The molecule has 2 aliphatic rings. The minimum Gasteiger partial charge on any atom is -0.497 e. The molecule has 15 nitrogen and oxygen atoms in total. The third kappa shape index (κ3) is 11.7. The summed E-state index contributed by atoms with van der Waals surface area (Å²) in [7, 11) is 6.27. The fourth-order valence-corrected chi connectivity index (χ4v) is 6.55. The zero-order valence-electron chi connectivity index (χ0n) is 33.6. The fourth-order valence-electron chi connectivity index (χ4n) is 6.55. The Hall–Kier alpha value is -5.26. The highest BCUT2D eigenvalue weighted by Gasteiger charge is 2.51. The average molecular weight is 819 g/mol. The van der Waals surface area contributed by atoms with Crippen molar-refractivity contribution in [2.75, 3.05) is 41.7 Å². The Morgan fingerprint density at radius 2 is 0.966 bits per heavy atom. The van der Waals surface area contributed by atoms with Crippen LogP contribution in [-0.2, 0) is 62.5 Å². The molecule has 1 N–H and O–H groups in total. The van der Waals surface area contributed by atoms with Gasteiger partial charge in [0, 0.05) is 6.92 Å². The van der Waals surface area contributed by atoms with Crippen LogP contribution < -0.4 is 18.9 Å². The smallest absolute Gasteiger partial charge is 0.338 e. The average Bonchev–Trinajstić information content (AvgIpc) is 3.27. The first-order chi connectivity index (χ1) is 28.7. The van der Waals surface area contributed by atoms with E-state index in [-0.39, 0.29) is 38.6 Å². The van der Waals surface area contributed by atoms with Crippen LogP contribution in [0.3, 0.4) is 0 Å². The van der Waals surface area contributed by atoms with Crippen molar-refractivity contribution in [3.05, 3.63) is 119 Å². The molecule has 15 heteroatoms. The lowest BCUT2D eigenvalue weighted by atomic mass is 10.0. The van der Waals surface area contributed by atoms with Crippen molar-refractivity contribution in [3.8, 4) is 23.0 Å². The van der Waals surface area contributed by atoms with Crippen molar-refractivity contribution in [2.24, 2.45) is 0 Å². The maximum atomic E-state index is 14.0.